The van der Waals surface area contributed by atoms with E-state index < -0.39 is 17.5 Å². The van der Waals surface area contributed by atoms with Crippen molar-refractivity contribution >= 4 is 23.7 Å². The summed E-state index contributed by atoms with van der Waals surface area (Å²) < 4.78 is 4.96. The Morgan fingerprint density at radius 2 is 1.55 bits per heavy atom. The van der Waals surface area contributed by atoms with E-state index >= 15 is 0 Å². The van der Waals surface area contributed by atoms with Crippen LogP contribution in [0.5, 0.6) is 0 Å². The normalized spacial score (nSPS) is 26.0. The second kappa shape index (κ2) is 13.6. The average molecular weight is 564 g/mol. The van der Waals surface area contributed by atoms with Crippen LogP contribution in [0.2, 0.25) is 0 Å². The summed E-state index contributed by atoms with van der Waals surface area (Å²) in [5, 5.41) is 3.12. The molecule has 0 aromatic heterocycles. The molecular formula is C30H53N5O5. The van der Waals surface area contributed by atoms with Crippen molar-refractivity contribution in [2.75, 3.05) is 47.4 Å². The fraction of sp³-hybridized carbons (Fsp3) is 0.867. The zero-order chi connectivity index (χ0) is 29.8. The first-order chi connectivity index (χ1) is 18.8. The van der Waals surface area contributed by atoms with Crippen molar-refractivity contribution in [3.63, 3.8) is 0 Å². The summed E-state index contributed by atoms with van der Waals surface area (Å²) in [6.07, 6.45) is 5.96. The van der Waals surface area contributed by atoms with E-state index in [1.165, 1.54) is 7.11 Å². The van der Waals surface area contributed by atoms with E-state index in [-0.39, 0.29) is 47.7 Å². The zero-order valence-electron chi connectivity index (χ0n) is 26.1. The van der Waals surface area contributed by atoms with Crippen LogP contribution in [-0.2, 0) is 23.9 Å². The molecule has 1 unspecified atom stereocenters. The first-order valence-corrected chi connectivity index (χ1v) is 15.2. The molecule has 0 radical (unpaired) electrons. The molecule has 0 spiro atoms. The Kier molecular flexibility index (Phi) is 11.0. The molecule has 10 nitrogen and oxygen atoms in total. The molecule has 40 heavy (non-hydrogen) atoms. The topological polar surface area (TPSA) is 102 Å². The van der Waals surface area contributed by atoms with Gasteiger partial charge in [0.05, 0.1) is 19.2 Å². The third-order valence-corrected chi connectivity index (χ3v) is 9.17. The predicted molar refractivity (Wildman–Crippen MR) is 154 cm³/mol. The van der Waals surface area contributed by atoms with Crippen molar-refractivity contribution in [3.05, 3.63) is 0 Å². The summed E-state index contributed by atoms with van der Waals surface area (Å²) >= 11 is 0. The maximum absolute atomic E-state index is 14.0. The minimum atomic E-state index is -0.664. The molecule has 0 bridgehead atoms. The second-order valence-corrected chi connectivity index (χ2v) is 13.4. The molecule has 5 atom stereocenters. The van der Waals surface area contributed by atoms with Crippen LogP contribution in [-0.4, -0.2) is 121 Å². The van der Waals surface area contributed by atoms with E-state index in [2.05, 4.69) is 29.0 Å². The predicted octanol–water partition coefficient (Wildman–Crippen LogP) is 2.11. The van der Waals surface area contributed by atoms with Crippen LogP contribution in [0.4, 0.5) is 0 Å². The Morgan fingerprint density at radius 3 is 2.15 bits per heavy atom. The Balaban J connectivity index is 1.74. The van der Waals surface area contributed by atoms with Crippen LogP contribution < -0.4 is 5.32 Å². The SMILES string of the molecule is COC(=O)[C@H]1CCCN1C(=O)[C@@H]1CCCN1C[C@H](C(C)C)N(C)C(=O)[C@@H](NC(=O)C1CCCCN1C)C(C)(C)C. The minimum absolute atomic E-state index is 0.0154. The number of nitrogens with one attached hydrogen (secondary N) is 1. The highest BCUT2D eigenvalue weighted by atomic mass is 16.5. The van der Waals surface area contributed by atoms with E-state index in [1.807, 2.05) is 34.9 Å². The van der Waals surface area contributed by atoms with E-state index in [0.717, 1.165) is 51.6 Å². The van der Waals surface area contributed by atoms with Crippen LogP contribution in [0, 0.1) is 11.3 Å². The lowest BCUT2D eigenvalue weighted by molar-refractivity contribution is -0.152. The van der Waals surface area contributed by atoms with E-state index in [1.54, 1.807) is 9.80 Å². The minimum Gasteiger partial charge on any atom is -0.467 e. The molecule has 3 saturated heterocycles. The van der Waals surface area contributed by atoms with Crippen molar-refractivity contribution in [2.45, 2.75) is 110 Å². The fourth-order valence-electron chi connectivity index (χ4n) is 6.61. The Labute approximate surface area is 241 Å². The Bertz CT molecular complexity index is 919. The second-order valence-electron chi connectivity index (χ2n) is 13.4. The third kappa shape index (κ3) is 7.35. The van der Waals surface area contributed by atoms with Crippen LogP contribution in [0.15, 0.2) is 0 Å². The number of carbonyl (C=O) groups is 4. The van der Waals surface area contributed by atoms with Gasteiger partial charge in [-0.3, -0.25) is 24.2 Å². The highest BCUT2D eigenvalue weighted by Gasteiger charge is 2.43. The molecule has 3 aliphatic rings. The molecule has 1 N–H and O–H groups in total. The molecule has 3 amide bonds. The number of nitrogens with zero attached hydrogens (tertiary/aromatic N) is 4. The first-order valence-electron chi connectivity index (χ1n) is 15.2. The number of piperidine rings is 1. The van der Waals surface area contributed by atoms with Crippen LogP contribution in [0.1, 0.15) is 79.6 Å². The number of likely N-dealkylation sites (N-methyl/N-ethyl adjacent to an activating group) is 2. The fourth-order valence-corrected chi connectivity index (χ4v) is 6.61. The summed E-state index contributed by atoms with van der Waals surface area (Å²) in [5.41, 5.74) is -0.472. The summed E-state index contributed by atoms with van der Waals surface area (Å²) in [5.74, 6) is -0.416. The Hall–Kier alpha value is -2.20. The van der Waals surface area contributed by atoms with Gasteiger partial charge >= 0.3 is 5.97 Å². The van der Waals surface area contributed by atoms with E-state index in [9.17, 15) is 19.2 Å². The molecule has 0 aromatic carbocycles. The number of rotatable bonds is 9. The summed E-state index contributed by atoms with van der Waals surface area (Å²) in [7, 11) is 5.17. The lowest BCUT2D eigenvalue weighted by atomic mass is 9.84. The van der Waals surface area contributed by atoms with Gasteiger partial charge in [-0.05, 0) is 70.0 Å². The van der Waals surface area contributed by atoms with Gasteiger partial charge in [0, 0.05) is 26.2 Å². The number of carbonyl (C=O) groups excluding carboxylic acids is 4. The number of esters is 1. The highest BCUT2D eigenvalue weighted by molar-refractivity contribution is 5.91. The van der Waals surface area contributed by atoms with Crippen LogP contribution in [0.25, 0.3) is 0 Å². The molecular weight excluding hydrogens is 510 g/mol. The van der Waals surface area contributed by atoms with Gasteiger partial charge in [0.15, 0.2) is 0 Å². The summed E-state index contributed by atoms with van der Waals surface area (Å²) in [6.45, 7) is 12.9. The monoisotopic (exact) mass is 563 g/mol. The van der Waals surface area contributed by atoms with Crippen molar-refractivity contribution in [2.24, 2.45) is 11.3 Å². The smallest absolute Gasteiger partial charge is 0.328 e. The molecule has 10 heteroatoms. The largest absolute Gasteiger partial charge is 0.467 e. The highest BCUT2D eigenvalue weighted by Crippen LogP contribution is 2.28. The van der Waals surface area contributed by atoms with E-state index in [0.29, 0.717) is 19.5 Å². The third-order valence-electron chi connectivity index (χ3n) is 9.17. The van der Waals surface area contributed by atoms with E-state index in [4.69, 9.17) is 4.74 Å². The molecule has 3 aliphatic heterocycles. The van der Waals surface area contributed by atoms with Crippen molar-refractivity contribution in [1.29, 1.82) is 0 Å². The van der Waals surface area contributed by atoms with Gasteiger partial charge in [-0.15, -0.1) is 0 Å². The van der Waals surface area contributed by atoms with Gasteiger partial charge in [-0.25, -0.2) is 4.79 Å². The van der Waals surface area contributed by atoms with Crippen molar-refractivity contribution in [1.82, 2.24) is 24.9 Å². The molecule has 0 aliphatic carbocycles. The van der Waals surface area contributed by atoms with Crippen molar-refractivity contribution < 1.29 is 23.9 Å². The number of likely N-dealkylation sites (tertiary alicyclic amines) is 3. The standard InChI is InChI=1S/C30H53N5O5/c1-20(2)24(19-34-17-11-14-22(34)27(37)35-18-12-15-23(35)29(39)40-8)33(7)28(38)25(30(3,4)5)31-26(36)21-13-9-10-16-32(21)6/h20-25H,9-19H2,1-8H3,(H,31,36)/t21?,22-,23+,24+,25+/m0/s1. The van der Waals surface area contributed by atoms with Gasteiger partial charge in [-0.2, -0.15) is 0 Å². The molecule has 3 fully saturated rings. The maximum atomic E-state index is 14.0. The molecule has 0 saturated carbocycles. The molecule has 0 aromatic rings. The number of hydrogen-bond donors (Lipinski definition) is 1. The van der Waals surface area contributed by atoms with Gasteiger partial charge in [0.25, 0.3) is 0 Å². The molecule has 3 heterocycles. The lowest BCUT2D eigenvalue weighted by Gasteiger charge is -2.41. The van der Waals surface area contributed by atoms with Gasteiger partial charge in [-0.1, -0.05) is 41.0 Å². The van der Waals surface area contributed by atoms with Gasteiger partial charge in [0.1, 0.15) is 12.1 Å². The van der Waals surface area contributed by atoms with Crippen LogP contribution in [0.3, 0.4) is 0 Å². The number of ether oxygens (including phenoxy) is 1. The maximum Gasteiger partial charge on any atom is 0.328 e. The first kappa shape index (κ1) is 32.3. The average Bonchev–Trinajstić information content (AvgIpc) is 3.58. The molecule has 228 valence electrons. The number of methoxy groups -OCH3 is 1. The summed E-state index contributed by atoms with van der Waals surface area (Å²) in [4.78, 5) is 61.0. The summed E-state index contributed by atoms with van der Waals surface area (Å²) in [6, 6.07) is -1.84. The van der Waals surface area contributed by atoms with Crippen LogP contribution >= 0.6 is 0 Å². The quantitative estimate of drug-likeness (QED) is 0.429. The Morgan fingerprint density at radius 1 is 0.925 bits per heavy atom. The number of amides is 3. The lowest BCUT2D eigenvalue weighted by Crippen LogP contribution is -2.61. The zero-order valence-corrected chi connectivity index (χ0v) is 26.1. The molecule has 3 rings (SSSR count). The van der Waals surface area contributed by atoms with Crippen molar-refractivity contribution in [3.8, 4) is 0 Å². The van der Waals surface area contributed by atoms with Gasteiger partial charge < -0.3 is 19.9 Å². The van der Waals surface area contributed by atoms with Gasteiger partial charge in [0.2, 0.25) is 17.7 Å². The number of hydrogen-bond acceptors (Lipinski definition) is 7.